The van der Waals surface area contributed by atoms with Crippen molar-refractivity contribution in [2.75, 3.05) is 39.3 Å². The maximum Gasteiger partial charge on any atom is 0.176 e. The second-order valence-corrected chi connectivity index (χ2v) is 11.7. The molecule has 0 amide bonds. The second kappa shape index (κ2) is 9.89. The molecule has 5 atom stereocenters. The molecule has 0 bridgehead atoms. The minimum Gasteiger partial charge on any atom is -0.384 e. The number of ketones is 2. The summed E-state index contributed by atoms with van der Waals surface area (Å²) in [6.07, 6.45) is 7.71. The summed E-state index contributed by atoms with van der Waals surface area (Å²) in [5.41, 5.74) is 5.41. The van der Waals surface area contributed by atoms with Crippen molar-refractivity contribution in [2.24, 2.45) is 22.7 Å². The summed E-state index contributed by atoms with van der Waals surface area (Å²) in [5.74, 6) is 7.36. The first-order valence-electron chi connectivity index (χ1n) is 13.6. The van der Waals surface area contributed by atoms with E-state index in [0.29, 0.717) is 24.7 Å². The number of aliphatic hydroxyl groups is 1. The summed E-state index contributed by atoms with van der Waals surface area (Å²) in [4.78, 5) is 28.2. The van der Waals surface area contributed by atoms with Gasteiger partial charge in [-0.05, 0) is 90.7 Å². The SMILES string of the molecule is COCC(=O)[C@]1(C#CCO)CC[C@H]2[C@@H]3CCC4=CC(=O)CCC4=C3[C@@H](c3ccc(N(C)C)cc3)C[C@@]21C. The van der Waals surface area contributed by atoms with Crippen molar-refractivity contribution in [3.8, 4) is 11.8 Å². The fourth-order valence-corrected chi connectivity index (χ4v) is 8.17. The number of aliphatic hydroxyl groups excluding tert-OH is 1. The molecule has 0 saturated heterocycles. The number of hydrogen-bond acceptors (Lipinski definition) is 5. The summed E-state index contributed by atoms with van der Waals surface area (Å²) in [5, 5.41) is 9.61. The average Bonchev–Trinajstić information content (AvgIpc) is 3.19. The first kappa shape index (κ1) is 25.9. The van der Waals surface area contributed by atoms with E-state index in [4.69, 9.17) is 4.74 Å². The molecule has 5 heteroatoms. The summed E-state index contributed by atoms with van der Waals surface area (Å²) in [6.45, 7) is 2.07. The Morgan fingerprint density at radius 3 is 2.59 bits per heavy atom. The highest BCUT2D eigenvalue weighted by atomic mass is 16.5. The van der Waals surface area contributed by atoms with E-state index in [-0.39, 0.29) is 36.1 Å². The van der Waals surface area contributed by atoms with Crippen molar-refractivity contribution in [2.45, 2.75) is 57.8 Å². The zero-order valence-corrected chi connectivity index (χ0v) is 22.6. The second-order valence-electron chi connectivity index (χ2n) is 11.7. The minimum absolute atomic E-state index is 0.0399. The highest BCUT2D eigenvalue weighted by molar-refractivity contribution is 5.93. The normalized spacial score (nSPS) is 32.5. The standard InChI is InChI=1S/C32H39NO4/c1-31-19-27(21-6-9-23(10-7-21)33(2)3)30-25-13-11-24(35)18-22(25)8-12-26(30)28(31)14-16-32(31,15-5-17-34)29(36)20-37-4/h6-7,9-10,18,26-28,34H,8,11-14,16-17,19-20H2,1-4H3/t26-,27+,28-,31-,32-/m0/s1. The van der Waals surface area contributed by atoms with E-state index >= 15 is 0 Å². The van der Waals surface area contributed by atoms with Gasteiger partial charge in [-0.15, -0.1) is 0 Å². The lowest BCUT2D eigenvalue weighted by atomic mass is 9.48. The van der Waals surface area contributed by atoms with Crippen LogP contribution >= 0.6 is 0 Å². The number of hydrogen-bond donors (Lipinski definition) is 1. The van der Waals surface area contributed by atoms with Crippen molar-refractivity contribution in [1.29, 1.82) is 0 Å². The molecule has 0 unspecified atom stereocenters. The molecule has 1 aromatic carbocycles. The van der Waals surface area contributed by atoms with E-state index in [2.05, 4.69) is 47.9 Å². The van der Waals surface area contributed by atoms with Gasteiger partial charge in [-0.2, -0.15) is 0 Å². The third kappa shape index (κ3) is 4.10. The number of ether oxygens (including phenoxy) is 1. The molecule has 196 valence electrons. The molecule has 2 fully saturated rings. The van der Waals surface area contributed by atoms with Gasteiger partial charge < -0.3 is 14.7 Å². The van der Waals surface area contributed by atoms with Gasteiger partial charge in [-0.3, -0.25) is 9.59 Å². The molecule has 4 aliphatic carbocycles. The van der Waals surface area contributed by atoms with Crippen LogP contribution in [0.5, 0.6) is 0 Å². The average molecular weight is 502 g/mol. The first-order chi connectivity index (χ1) is 17.8. The summed E-state index contributed by atoms with van der Waals surface area (Å²) in [7, 11) is 5.66. The summed E-state index contributed by atoms with van der Waals surface area (Å²) >= 11 is 0. The smallest absolute Gasteiger partial charge is 0.176 e. The highest BCUT2D eigenvalue weighted by Gasteiger charge is 2.65. The fraction of sp³-hybridized carbons (Fsp3) is 0.562. The van der Waals surface area contributed by atoms with Gasteiger partial charge in [0.15, 0.2) is 11.6 Å². The maximum absolute atomic E-state index is 13.7. The van der Waals surface area contributed by atoms with E-state index in [1.165, 1.54) is 22.3 Å². The quantitative estimate of drug-likeness (QED) is 0.585. The first-order valence-corrected chi connectivity index (χ1v) is 13.6. The fourth-order valence-electron chi connectivity index (χ4n) is 8.17. The monoisotopic (exact) mass is 501 g/mol. The molecule has 1 aromatic rings. The molecule has 37 heavy (non-hydrogen) atoms. The van der Waals surface area contributed by atoms with Gasteiger partial charge in [0, 0.05) is 39.2 Å². The Kier molecular flexibility index (Phi) is 6.94. The Morgan fingerprint density at radius 1 is 1.16 bits per heavy atom. The van der Waals surface area contributed by atoms with Crippen LogP contribution in [0.2, 0.25) is 0 Å². The van der Waals surface area contributed by atoms with Gasteiger partial charge >= 0.3 is 0 Å². The Hall–Kier alpha value is -2.68. The van der Waals surface area contributed by atoms with Crippen molar-refractivity contribution < 1.29 is 19.4 Å². The lowest BCUT2D eigenvalue weighted by Gasteiger charge is -2.54. The van der Waals surface area contributed by atoms with Crippen LogP contribution in [0, 0.1) is 34.5 Å². The Labute approximate surface area is 221 Å². The van der Waals surface area contributed by atoms with Crippen LogP contribution in [0.15, 0.2) is 47.1 Å². The van der Waals surface area contributed by atoms with E-state index < -0.39 is 5.41 Å². The van der Waals surface area contributed by atoms with Crippen LogP contribution in [0.25, 0.3) is 0 Å². The zero-order valence-electron chi connectivity index (χ0n) is 22.6. The molecular weight excluding hydrogens is 462 g/mol. The number of carbonyl (C=O) groups is 2. The molecule has 0 heterocycles. The molecule has 4 aliphatic rings. The molecule has 1 N–H and O–H groups in total. The van der Waals surface area contributed by atoms with Crippen LogP contribution < -0.4 is 4.90 Å². The van der Waals surface area contributed by atoms with E-state index in [9.17, 15) is 14.7 Å². The Balaban J connectivity index is 1.69. The Morgan fingerprint density at radius 2 is 1.92 bits per heavy atom. The zero-order chi connectivity index (χ0) is 26.4. The predicted molar refractivity (Wildman–Crippen MR) is 145 cm³/mol. The third-order valence-corrected chi connectivity index (χ3v) is 9.87. The van der Waals surface area contributed by atoms with Gasteiger partial charge in [0.1, 0.15) is 13.2 Å². The van der Waals surface area contributed by atoms with Crippen LogP contribution in [0.4, 0.5) is 5.69 Å². The molecule has 5 rings (SSSR count). The molecule has 0 aliphatic heterocycles. The number of methoxy groups -OCH3 is 1. The van der Waals surface area contributed by atoms with Crippen molar-refractivity contribution in [1.82, 2.24) is 0 Å². The number of rotatable bonds is 5. The number of allylic oxidation sites excluding steroid dienone is 4. The van der Waals surface area contributed by atoms with Gasteiger partial charge in [0.05, 0.1) is 5.41 Å². The van der Waals surface area contributed by atoms with Crippen LogP contribution in [-0.4, -0.2) is 51.1 Å². The lowest BCUT2D eigenvalue weighted by Crippen LogP contribution is -2.51. The van der Waals surface area contributed by atoms with Crippen molar-refractivity contribution >= 4 is 17.3 Å². The van der Waals surface area contributed by atoms with Crippen molar-refractivity contribution in [3.63, 3.8) is 0 Å². The van der Waals surface area contributed by atoms with E-state index in [1.807, 2.05) is 20.2 Å². The van der Waals surface area contributed by atoms with Crippen LogP contribution in [0.1, 0.15) is 63.4 Å². The van der Waals surface area contributed by atoms with Crippen LogP contribution in [0.3, 0.4) is 0 Å². The molecular formula is C32H39NO4. The topological polar surface area (TPSA) is 66.8 Å². The number of fused-ring (bicyclic) bond motifs is 4. The third-order valence-electron chi connectivity index (χ3n) is 9.87. The van der Waals surface area contributed by atoms with E-state index in [1.54, 1.807) is 7.11 Å². The lowest BCUT2D eigenvalue weighted by molar-refractivity contribution is -0.136. The van der Waals surface area contributed by atoms with Gasteiger partial charge in [0.25, 0.3) is 0 Å². The van der Waals surface area contributed by atoms with Gasteiger partial charge in [-0.25, -0.2) is 0 Å². The number of Topliss-reactive ketones (excluding diaryl/α,β-unsaturated/α-hetero) is 1. The minimum atomic E-state index is -0.826. The van der Waals surface area contributed by atoms with Gasteiger partial charge in [0.2, 0.25) is 0 Å². The molecule has 0 spiro atoms. The number of anilines is 1. The highest BCUT2D eigenvalue weighted by Crippen LogP contribution is 2.69. The summed E-state index contributed by atoms with van der Waals surface area (Å²) < 4.78 is 5.35. The van der Waals surface area contributed by atoms with Crippen molar-refractivity contribution in [3.05, 3.63) is 52.6 Å². The predicted octanol–water partition coefficient (Wildman–Crippen LogP) is 4.85. The molecule has 2 saturated carbocycles. The van der Waals surface area contributed by atoms with Gasteiger partial charge in [-0.1, -0.05) is 36.5 Å². The van der Waals surface area contributed by atoms with Crippen LogP contribution in [-0.2, 0) is 14.3 Å². The maximum atomic E-state index is 13.7. The Bertz CT molecular complexity index is 1210. The number of benzene rings is 1. The summed E-state index contributed by atoms with van der Waals surface area (Å²) in [6, 6.07) is 8.84. The number of carbonyl (C=O) groups excluding carboxylic acids is 2. The number of nitrogens with zero attached hydrogens (tertiary/aromatic N) is 1. The molecule has 5 nitrogen and oxygen atoms in total. The molecule has 0 radical (unpaired) electrons. The largest absolute Gasteiger partial charge is 0.384 e. The molecule has 0 aromatic heterocycles. The van der Waals surface area contributed by atoms with E-state index in [0.717, 1.165) is 37.8 Å².